The summed E-state index contributed by atoms with van der Waals surface area (Å²) in [5.74, 6) is 0. The minimum atomic E-state index is 0.0334. The first kappa shape index (κ1) is 11.9. The third-order valence-electron chi connectivity index (χ3n) is 3.37. The number of aromatic nitrogens is 2. The molecule has 0 saturated heterocycles. The van der Waals surface area contributed by atoms with E-state index >= 15 is 0 Å². The summed E-state index contributed by atoms with van der Waals surface area (Å²) in [6, 6.07) is 6.55. The van der Waals surface area contributed by atoms with Crippen molar-refractivity contribution in [3.05, 3.63) is 61.3 Å². The van der Waals surface area contributed by atoms with E-state index in [2.05, 4.69) is 23.2 Å². The summed E-state index contributed by atoms with van der Waals surface area (Å²) < 4.78 is 2.33. The van der Waals surface area contributed by atoms with Gasteiger partial charge in [-0.3, -0.25) is 9.36 Å². The molecule has 0 fully saturated rings. The highest BCUT2D eigenvalue weighted by molar-refractivity contribution is 14.1. The molecular weight excluding hydrogens is 339 g/mol. The van der Waals surface area contributed by atoms with Crippen LogP contribution in [-0.2, 0) is 19.4 Å². The van der Waals surface area contributed by atoms with Crippen LogP contribution in [0.25, 0.3) is 0 Å². The van der Waals surface area contributed by atoms with Gasteiger partial charge in [0.2, 0.25) is 0 Å². The molecule has 0 saturated carbocycles. The lowest BCUT2D eigenvalue weighted by Crippen LogP contribution is -2.22. The van der Waals surface area contributed by atoms with Crippen LogP contribution in [-0.4, -0.2) is 9.55 Å². The van der Waals surface area contributed by atoms with Gasteiger partial charge in [0.1, 0.15) is 0 Å². The largest absolute Gasteiger partial charge is 0.294 e. The lowest BCUT2D eigenvalue weighted by Gasteiger charge is -2.07. The van der Waals surface area contributed by atoms with Crippen LogP contribution in [0.1, 0.15) is 23.1 Å². The smallest absolute Gasteiger partial charge is 0.267 e. The molecule has 92 valence electrons. The van der Waals surface area contributed by atoms with Gasteiger partial charge in [-0.05, 0) is 58.5 Å². The Balaban J connectivity index is 1.93. The molecule has 0 atom stereocenters. The average Bonchev–Trinajstić information content (AvgIpc) is 2.82. The first-order valence-corrected chi connectivity index (χ1v) is 7.12. The SMILES string of the molecule is O=c1c(I)cncn1Cc1ccc2c(c1)CCC2. The number of nitrogens with zero attached hydrogens (tertiary/aromatic N) is 2. The second-order valence-corrected chi connectivity index (χ2v) is 5.79. The van der Waals surface area contributed by atoms with Crippen molar-refractivity contribution in [1.82, 2.24) is 9.55 Å². The maximum absolute atomic E-state index is 11.9. The number of benzene rings is 1. The topological polar surface area (TPSA) is 34.9 Å². The fourth-order valence-corrected chi connectivity index (χ4v) is 2.93. The van der Waals surface area contributed by atoms with E-state index in [0.29, 0.717) is 10.1 Å². The Morgan fingerprint density at radius 2 is 2.11 bits per heavy atom. The summed E-state index contributed by atoms with van der Waals surface area (Å²) in [6.07, 6.45) is 6.83. The van der Waals surface area contributed by atoms with Crippen LogP contribution < -0.4 is 5.56 Å². The molecule has 0 aliphatic heterocycles. The van der Waals surface area contributed by atoms with Crippen molar-refractivity contribution < 1.29 is 0 Å². The van der Waals surface area contributed by atoms with E-state index < -0.39 is 0 Å². The second-order valence-electron chi connectivity index (χ2n) is 4.63. The average molecular weight is 352 g/mol. The van der Waals surface area contributed by atoms with Crippen molar-refractivity contribution in [1.29, 1.82) is 0 Å². The normalized spacial score (nSPS) is 13.6. The summed E-state index contributed by atoms with van der Waals surface area (Å²) >= 11 is 2.03. The van der Waals surface area contributed by atoms with Crippen molar-refractivity contribution >= 4 is 22.6 Å². The number of hydrogen-bond donors (Lipinski definition) is 0. The monoisotopic (exact) mass is 352 g/mol. The molecule has 1 aliphatic carbocycles. The van der Waals surface area contributed by atoms with Crippen LogP contribution in [0.2, 0.25) is 0 Å². The standard InChI is InChI=1S/C14H13IN2O/c15-13-7-16-9-17(14(13)18)8-10-4-5-11-2-1-3-12(11)6-10/h4-7,9H,1-3,8H2. The summed E-state index contributed by atoms with van der Waals surface area (Å²) in [7, 11) is 0. The number of halogens is 1. The predicted molar refractivity (Wildman–Crippen MR) is 78.8 cm³/mol. The van der Waals surface area contributed by atoms with E-state index in [9.17, 15) is 4.79 Å². The molecule has 1 aromatic heterocycles. The van der Waals surface area contributed by atoms with Crippen LogP contribution in [0, 0.1) is 3.57 Å². The second kappa shape index (κ2) is 4.84. The molecular formula is C14H13IN2O. The van der Waals surface area contributed by atoms with Gasteiger partial charge in [-0.15, -0.1) is 0 Å². The van der Waals surface area contributed by atoms with Crippen LogP contribution in [0.3, 0.4) is 0 Å². The number of aryl methyl sites for hydroxylation is 2. The molecule has 3 nitrogen and oxygen atoms in total. The molecule has 0 unspecified atom stereocenters. The number of fused-ring (bicyclic) bond motifs is 1. The fraction of sp³-hybridized carbons (Fsp3) is 0.286. The number of hydrogen-bond acceptors (Lipinski definition) is 2. The van der Waals surface area contributed by atoms with Gasteiger partial charge in [-0.25, -0.2) is 4.98 Å². The van der Waals surface area contributed by atoms with Crippen molar-refractivity contribution in [3.63, 3.8) is 0 Å². The lowest BCUT2D eigenvalue weighted by atomic mass is 10.1. The Morgan fingerprint density at radius 3 is 3.00 bits per heavy atom. The van der Waals surface area contributed by atoms with Crippen LogP contribution in [0.15, 0.2) is 35.5 Å². The van der Waals surface area contributed by atoms with Gasteiger partial charge in [-0.1, -0.05) is 18.2 Å². The van der Waals surface area contributed by atoms with Crippen LogP contribution in [0.5, 0.6) is 0 Å². The molecule has 4 heteroatoms. The maximum Gasteiger partial charge on any atom is 0.267 e. The van der Waals surface area contributed by atoms with Crippen molar-refractivity contribution in [2.45, 2.75) is 25.8 Å². The molecule has 0 radical (unpaired) electrons. The van der Waals surface area contributed by atoms with Crippen molar-refractivity contribution in [3.8, 4) is 0 Å². The molecule has 1 aromatic carbocycles. The molecule has 0 N–H and O–H groups in total. The van der Waals surface area contributed by atoms with Gasteiger partial charge in [0.25, 0.3) is 5.56 Å². The molecule has 2 aromatic rings. The van der Waals surface area contributed by atoms with Gasteiger partial charge >= 0.3 is 0 Å². The number of rotatable bonds is 2. The van der Waals surface area contributed by atoms with Crippen molar-refractivity contribution in [2.24, 2.45) is 0 Å². The third kappa shape index (κ3) is 2.21. The van der Waals surface area contributed by atoms with Crippen LogP contribution in [0.4, 0.5) is 0 Å². The Labute approximate surface area is 119 Å². The predicted octanol–water partition coefficient (Wildman–Crippen LogP) is 2.38. The molecule has 1 heterocycles. The van der Waals surface area contributed by atoms with E-state index in [1.54, 1.807) is 17.1 Å². The lowest BCUT2D eigenvalue weighted by molar-refractivity contribution is 0.729. The zero-order valence-corrected chi connectivity index (χ0v) is 12.1. The van der Waals surface area contributed by atoms with E-state index in [4.69, 9.17) is 0 Å². The summed E-state index contributed by atoms with van der Waals surface area (Å²) in [5, 5.41) is 0. The Hall–Kier alpha value is -1.17. The van der Waals surface area contributed by atoms with Crippen molar-refractivity contribution in [2.75, 3.05) is 0 Å². The highest BCUT2D eigenvalue weighted by Crippen LogP contribution is 2.22. The first-order valence-electron chi connectivity index (χ1n) is 6.04. The van der Waals surface area contributed by atoms with Gasteiger partial charge in [0.05, 0.1) is 16.4 Å². The Kier molecular flexibility index (Phi) is 3.20. The molecule has 1 aliphatic rings. The van der Waals surface area contributed by atoms with Crippen LogP contribution >= 0.6 is 22.6 Å². The van der Waals surface area contributed by atoms with Gasteiger partial charge < -0.3 is 0 Å². The summed E-state index contributed by atoms with van der Waals surface area (Å²) in [4.78, 5) is 16.0. The molecule has 18 heavy (non-hydrogen) atoms. The Bertz CT molecular complexity index is 648. The molecule has 0 spiro atoms. The zero-order chi connectivity index (χ0) is 12.5. The highest BCUT2D eigenvalue weighted by atomic mass is 127. The van der Waals surface area contributed by atoms with E-state index in [0.717, 1.165) is 0 Å². The van der Waals surface area contributed by atoms with E-state index in [1.807, 2.05) is 22.6 Å². The minimum Gasteiger partial charge on any atom is -0.294 e. The fourth-order valence-electron chi connectivity index (χ4n) is 2.46. The molecule has 3 rings (SSSR count). The quantitative estimate of drug-likeness (QED) is 0.778. The Morgan fingerprint density at radius 1 is 1.28 bits per heavy atom. The molecule has 0 bridgehead atoms. The minimum absolute atomic E-state index is 0.0334. The summed E-state index contributed by atoms with van der Waals surface area (Å²) in [5.41, 5.74) is 4.12. The maximum atomic E-state index is 11.9. The van der Waals surface area contributed by atoms with E-state index in [-0.39, 0.29) is 5.56 Å². The zero-order valence-electron chi connectivity index (χ0n) is 9.90. The van der Waals surface area contributed by atoms with Gasteiger partial charge in [0.15, 0.2) is 0 Å². The first-order chi connectivity index (χ1) is 8.74. The summed E-state index contributed by atoms with van der Waals surface area (Å²) in [6.45, 7) is 0.607. The van der Waals surface area contributed by atoms with Gasteiger partial charge in [-0.2, -0.15) is 0 Å². The molecule has 0 amide bonds. The third-order valence-corrected chi connectivity index (χ3v) is 4.11. The highest BCUT2D eigenvalue weighted by Gasteiger charge is 2.11. The van der Waals surface area contributed by atoms with E-state index in [1.165, 1.54) is 36.0 Å². The van der Waals surface area contributed by atoms with Gasteiger partial charge in [0, 0.05) is 6.20 Å².